The van der Waals surface area contributed by atoms with Crippen LogP contribution in [0.25, 0.3) is 0 Å². The van der Waals surface area contributed by atoms with Crippen molar-refractivity contribution in [3.05, 3.63) is 47.8 Å². The number of aromatic nitrogens is 2. The minimum Gasteiger partial charge on any atom is -0.352 e. The van der Waals surface area contributed by atoms with Gasteiger partial charge in [-0.1, -0.05) is 36.8 Å². The Labute approximate surface area is 103 Å². The lowest BCUT2D eigenvalue weighted by Crippen LogP contribution is -2.07. The Morgan fingerprint density at radius 2 is 2.00 bits per heavy atom. The van der Waals surface area contributed by atoms with E-state index in [1.807, 2.05) is 12.4 Å². The predicted molar refractivity (Wildman–Crippen MR) is 71.0 cm³/mol. The third-order valence-electron chi connectivity index (χ3n) is 2.75. The Morgan fingerprint density at radius 3 is 2.71 bits per heavy atom. The van der Waals surface area contributed by atoms with Crippen molar-refractivity contribution in [3.8, 4) is 0 Å². The number of benzene rings is 1. The number of anilines is 1. The highest BCUT2D eigenvalue weighted by Gasteiger charge is 2.00. The van der Waals surface area contributed by atoms with Gasteiger partial charge in [0.2, 0.25) is 5.95 Å². The Bertz CT molecular complexity index is 457. The smallest absolute Gasteiger partial charge is 0.203 e. The van der Waals surface area contributed by atoms with Gasteiger partial charge in [0.25, 0.3) is 0 Å². The Balaban J connectivity index is 1.97. The molecule has 0 bridgehead atoms. The molecule has 1 aromatic carbocycles. The normalized spacial score (nSPS) is 10.5. The first-order valence-electron chi connectivity index (χ1n) is 6.10. The molecule has 1 N–H and O–H groups in total. The van der Waals surface area contributed by atoms with Crippen molar-refractivity contribution in [1.82, 2.24) is 9.55 Å². The van der Waals surface area contributed by atoms with Gasteiger partial charge in [-0.25, -0.2) is 4.98 Å². The second kappa shape index (κ2) is 5.53. The van der Waals surface area contributed by atoms with E-state index in [0.717, 1.165) is 25.5 Å². The van der Waals surface area contributed by atoms with Gasteiger partial charge in [-0.05, 0) is 18.9 Å². The lowest BCUT2D eigenvalue weighted by molar-refractivity contribution is 0.682. The fraction of sp³-hybridized carbons (Fsp3) is 0.357. The first-order chi connectivity index (χ1) is 8.29. The summed E-state index contributed by atoms with van der Waals surface area (Å²) >= 11 is 0. The number of nitrogens with one attached hydrogen (secondary N) is 1. The molecule has 3 heteroatoms. The monoisotopic (exact) mass is 229 g/mol. The van der Waals surface area contributed by atoms with Gasteiger partial charge in [0.1, 0.15) is 0 Å². The topological polar surface area (TPSA) is 29.9 Å². The third kappa shape index (κ3) is 3.09. The molecule has 1 aromatic heterocycles. The van der Waals surface area contributed by atoms with Crippen LogP contribution in [0.4, 0.5) is 5.95 Å². The van der Waals surface area contributed by atoms with Crippen molar-refractivity contribution in [2.45, 2.75) is 33.4 Å². The maximum atomic E-state index is 4.32. The maximum absolute atomic E-state index is 4.32. The van der Waals surface area contributed by atoms with Crippen molar-refractivity contribution in [1.29, 1.82) is 0 Å². The molecule has 0 unspecified atom stereocenters. The van der Waals surface area contributed by atoms with Crippen molar-refractivity contribution >= 4 is 5.95 Å². The van der Waals surface area contributed by atoms with Gasteiger partial charge in [0.05, 0.1) is 0 Å². The van der Waals surface area contributed by atoms with Crippen LogP contribution >= 0.6 is 0 Å². The van der Waals surface area contributed by atoms with Crippen LogP contribution in [0.2, 0.25) is 0 Å². The number of nitrogens with zero attached hydrogens (tertiary/aromatic N) is 2. The summed E-state index contributed by atoms with van der Waals surface area (Å²) in [5, 5.41) is 3.37. The van der Waals surface area contributed by atoms with Crippen molar-refractivity contribution in [2.75, 3.05) is 5.32 Å². The standard InChI is InChI=1S/C14H19N3/c1-3-9-17-10-8-15-14(17)16-11-13-6-4-12(2)5-7-13/h4-8,10H,3,9,11H2,1-2H3,(H,15,16). The molecule has 0 saturated heterocycles. The molecule has 90 valence electrons. The van der Waals surface area contributed by atoms with Crippen LogP contribution in [0.1, 0.15) is 24.5 Å². The SMILES string of the molecule is CCCn1ccnc1NCc1ccc(C)cc1. The summed E-state index contributed by atoms with van der Waals surface area (Å²) in [7, 11) is 0. The van der Waals surface area contributed by atoms with Gasteiger partial charge in [0, 0.05) is 25.5 Å². The molecule has 0 atom stereocenters. The van der Waals surface area contributed by atoms with E-state index in [-0.39, 0.29) is 0 Å². The average molecular weight is 229 g/mol. The Morgan fingerprint density at radius 1 is 1.24 bits per heavy atom. The third-order valence-corrected chi connectivity index (χ3v) is 2.75. The van der Waals surface area contributed by atoms with Crippen LogP contribution in [0.15, 0.2) is 36.7 Å². The Hall–Kier alpha value is -1.77. The average Bonchev–Trinajstić information content (AvgIpc) is 2.77. The molecular weight excluding hydrogens is 210 g/mol. The molecule has 0 spiro atoms. The fourth-order valence-electron chi connectivity index (χ4n) is 1.78. The second-order valence-electron chi connectivity index (χ2n) is 4.28. The lowest BCUT2D eigenvalue weighted by atomic mass is 10.1. The van der Waals surface area contributed by atoms with E-state index in [0.29, 0.717) is 0 Å². The van der Waals surface area contributed by atoms with E-state index in [2.05, 4.69) is 53.0 Å². The molecule has 2 aromatic rings. The minimum atomic E-state index is 0.820. The van der Waals surface area contributed by atoms with Gasteiger partial charge in [0.15, 0.2) is 0 Å². The molecular formula is C14H19N3. The van der Waals surface area contributed by atoms with Gasteiger partial charge < -0.3 is 9.88 Å². The lowest BCUT2D eigenvalue weighted by Gasteiger charge is -2.09. The van der Waals surface area contributed by atoms with Crippen molar-refractivity contribution in [3.63, 3.8) is 0 Å². The van der Waals surface area contributed by atoms with Crippen LogP contribution < -0.4 is 5.32 Å². The highest BCUT2D eigenvalue weighted by Crippen LogP contribution is 2.09. The van der Waals surface area contributed by atoms with E-state index in [1.54, 1.807) is 0 Å². The van der Waals surface area contributed by atoms with Gasteiger partial charge >= 0.3 is 0 Å². The molecule has 0 aliphatic carbocycles. The van der Waals surface area contributed by atoms with E-state index in [9.17, 15) is 0 Å². The van der Waals surface area contributed by atoms with Gasteiger partial charge in [-0.2, -0.15) is 0 Å². The van der Waals surface area contributed by atoms with Crippen molar-refractivity contribution in [2.24, 2.45) is 0 Å². The quantitative estimate of drug-likeness (QED) is 0.853. The van der Waals surface area contributed by atoms with Crippen molar-refractivity contribution < 1.29 is 0 Å². The van der Waals surface area contributed by atoms with Gasteiger partial charge in [-0.15, -0.1) is 0 Å². The first kappa shape index (κ1) is 11.7. The number of imidazole rings is 1. The summed E-state index contributed by atoms with van der Waals surface area (Å²) in [5.74, 6) is 0.951. The Kier molecular flexibility index (Phi) is 3.81. The molecule has 0 aliphatic heterocycles. The summed E-state index contributed by atoms with van der Waals surface area (Å²) in [5.41, 5.74) is 2.57. The van der Waals surface area contributed by atoms with Gasteiger partial charge in [-0.3, -0.25) is 0 Å². The molecule has 0 aliphatic rings. The largest absolute Gasteiger partial charge is 0.352 e. The number of aryl methyl sites for hydroxylation is 2. The molecule has 0 radical (unpaired) electrons. The van der Waals surface area contributed by atoms with Crippen LogP contribution in [0.5, 0.6) is 0 Å². The predicted octanol–water partition coefficient (Wildman–Crippen LogP) is 3.21. The molecule has 0 saturated carbocycles. The van der Waals surface area contributed by atoms with E-state index >= 15 is 0 Å². The highest BCUT2D eigenvalue weighted by molar-refractivity contribution is 5.30. The fourth-order valence-corrected chi connectivity index (χ4v) is 1.78. The summed E-state index contributed by atoms with van der Waals surface area (Å²) in [4.78, 5) is 4.32. The zero-order valence-electron chi connectivity index (χ0n) is 10.5. The summed E-state index contributed by atoms with van der Waals surface area (Å²) in [6.07, 6.45) is 4.98. The summed E-state index contributed by atoms with van der Waals surface area (Å²) in [6, 6.07) is 8.57. The zero-order valence-corrected chi connectivity index (χ0v) is 10.5. The molecule has 17 heavy (non-hydrogen) atoms. The first-order valence-corrected chi connectivity index (χ1v) is 6.10. The minimum absolute atomic E-state index is 0.820. The zero-order chi connectivity index (χ0) is 12.1. The van der Waals surface area contributed by atoms with Crippen LogP contribution in [0.3, 0.4) is 0 Å². The highest BCUT2D eigenvalue weighted by atomic mass is 15.2. The van der Waals surface area contributed by atoms with E-state index < -0.39 is 0 Å². The molecule has 1 heterocycles. The van der Waals surface area contributed by atoms with Crippen LogP contribution in [-0.4, -0.2) is 9.55 Å². The maximum Gasteiger partial charge on any atom is 0.203 e. The summed E-state index contributed by atoms with van der Waals surface area (Å²) < 4.78 is 2.15. The number of hydrogen-bond donors (Lipinski definition) is 1. The second-order valence-corrected chi connectivity index (χ2v) is 4.28. The number of hydrogen-bond acceptors (Lipinski definition) is 2. The van der Waals surface area contributed by atoms with E-state index in [1.165, 1.54) is 11.1 Å². The number of rotatable bonds is 5. The van der Waals surface area contributed by atoms with Crippen LogP contribution in [0, 0.1) is 6.92 Å². The van der Waals surface area contributed by atoms with Crippen LogP contribution in [-0.2, 0) is 13.1 Å². The molecule has 0 fully saturated rings. The van der Waals surface area contributed by atoms with E-state index in [4.69, 9.17) is 0 Å². The molecule has 3 nitrogen and oxygen atoms in total. The molecule has 2 rings (SSSR count). The summed E-state index contributed by atoms with van der Waals surface area (Å²) in [6.45, 7) is 6.10. The molecule has 0 amide bonds.